The lowest BCUT2D eigenvalue weighted by atomic mass is 10.1. The van der Waals surface area contributed by atoms with Gasteiger partial charge in [-0.05, 0) is 24.1 Å². The van der Waals surface area contributed by atoms with E-state index in [2.05, 4.69) is 4.74 Å². The van der Waals surface area contributed by atoms with Crippen LogP contribution in [-0.4, -0.2) is 39.0 Å². The first kappa shape index (κ1) is 13.3. The Kier molecular flexibility index (Phi) is 4.78. The highest BCUT2D eigenvalue weighted by Gasteiger charge is 2.18. The first-order chi connectivity index (χ1) is 8.17. The molecule has 0 unspecified atom stereocenters. The fourth-order valence-corrected chi connectivity index (χ4v) is 1.56. The van der Waals surface area contributed by atoms with E-state index in [1.54, 1.807) is 12.1 Å². The van der Waals surface area contributed by atoms with E-state index in [9.17, 15) is 4.79 Å². The predicted octanol–water partition coefficient (Wildman–Crippen LogP) is 1.03. The second-order valence-electron chi connectivity index (χ2n) is 3.34. The van der Waals surface area contributed by atoms with Crippen molar-refractivity contribution in [2.45, 2.75) is 6.42 Å². The lowest BCUT2D eigenvalue weighted by Crippen LogP contribution is -2.07. The maximum atomic E-state index is 11.6. The number of esters is 1. The van der Waals surface area contributed by atoms with Gasteiger partial charge in [0.15, 0.2) is 11.5 Å². The summed E-state index contributed by atoms with van der Waals surface area (Å²) in [5.74, 6) is 0.278. The summed E-state index contributed by atoms with van der Waals surface area (Å²) in [6, 6.07) is 3.35. The van der Waals surface area contributed by atoms with Gasteiger partial charge in [0.05, 0.1) is 21.3 Å². The van der Waals surface area contributed by atoms with E-state index in [1.165, 1.54) is 21.3 Å². The quantitative estimate of drug-likeness (QED) is 0.778. The molecule has 0 aliphatic heterocycles. The molecule has 0 saturated carbocycles. The van der Waals surface area contributed by atoms with Gasteiger partial charge in [0, 0.05) is 6.61 Å². The number of methoxy groups -OCH3 is 3. The fourth-order valence-electron chi connectivity index (χ4n) is 1.56. The average Bonchev–Trinajstić information content (AvgIpc) is 2.37. The van der Waals surface area contributed by atoms with Crippen LogP contribution in [0.2, 0.25) is 0 Å². The lowest BCUT2D eigenvalue weighted by Gasteiger charge is -2.13. The molecule has 0 heterocycles. The van der Waals surface area contributed by atoms with Crippen LogP contribution in [0.3, 0.4) is 0 Å². The van der Waals surface area contributed by atoms with Crippen molar-refractivity contribution >= 4 is 5.97 Å². The molecule has 0 atom stereocenters. The highest BCUT2D eigenvalue weighted by atomic mass is 16.5. The zero-order valence-corrected chi connectivity index (χ0v) is 10.1. The molecule has 5 nitrogen and oxygen atoms in total. The Morgan fingerprint density at radius 1 is 1.24 bits per heavy atom. The summed E-state index contributed by atoms with van der Waals surface area (Å²) in [6.45, 7) is -0.00387. The first-order valence-corrected chi connectivity index (χ1v) is 5.12. The zero-order chi connectivity index (χ0) is 12.8. The molecule has 1 aromatic rings. The van der Waals surface area contributed by atoms with Gasteiger partial charge in [0.2, 0.25) is 0 Å². The highest BCUT2D eigenvalue weighted by Crippen LogP contribution is 2.33. The molecule has 0 fully saturated rings. The number of carbonyl (C=O) groups excluding carboxylic acids is 1. The Morgan fingerprint density at radius 3 is 2.41 bits per heavy atom. The van der Waals surface area contributed by atoms with Crippen molar-refractivity contribution in [3.8, 4) is 11.5 Å². The second kappa shape index (κ2) is 6.10. The normalized spacial score (nSPS) is 9.88. The van der Waals surface area contributed by atoms with Crippen LogP contribution in [-0.2, 0) is 11.2 Å². The monoisotopic (exact) mass is 240 g/mol. The van der Waals surface area contributed by atoms with Crippen LogP contribution >= 0.6 is 0 Å². The largest absolute Gasteiger partial charge is 0.493 e. The molecule has 5 heteroatoms. The predicted molar refractivity (Wildman–Crippen MR) is 61.7 cm³/mol. The van der Waals surface area contributed by atoms with E-state index < -0.39 is 5.97 Å². The average molecular weight is 240 g/mol. The number of carbonyl (C=O) groups is 1. The van der Waals surface area contributed by atoms with E-state index in [-0.39, 0.29) is 12.2 Å². The minimum Gasteiger partial charge on any atom is -0.493 e. The number of aliphatic hydroxyl groups is 1. The molecule has 0 aliphatic carbocycles. The van der Waals surface area contributed by atoms with Gasteiger partial charge in [-0.2, -0.15) is 0 Å². The van der Waals surface area contributed by atoms with Gasteiger partial charge in [-0.15, -0.1) is 0 Å². The van der Waals surface area contributed by atoms with Crippen LogP contribution in [0.1, 0.15) is 15.9 Å². The van der Waals surface area contributed by atoms with Crippen molar-refractivity contribution < 1.29 is 24.1 Å². The minimum atomic E-state index is -0.500. The summed E-state index contributed by atoms with van der Waals surface area (Å²) in [7, 11) is 4.24. The maximum absolute atomic E-state index is 11.6. The van der Waals surface area contributed by atoms with Crippen molar-refractivity contribution in [3.05, 3.63) is 23.3 Å². The Labute approximate surface area is 99.9 Å². The number of benzene rings is 1. The maximum Gasteiger partial charge on any atom is 0.341 e. The molecular formula is C12H16O5. The van der Waals surface area contributed by atoms with Crippen molar-refractivity contribution in [3.63, 3.8) is 0 Å². The SMILES string of the molecule is COC(=O)c1cc(CCO)cc(OC)c1OC. The van der Waals surface area contributed by atoms with E-state index in [4.69, 9.17) is 14.6 Å². The summed E-state index contributed by atoms with van der Waals surface area (Å²) in [5, 5.41) is 8.91. The Bertz CT molecular complexity index is 400. The summed E-state index contributed by atoms with van der Waals surface area (Å²) in [6.07, 6.45) is 0.435. The molecule has 1 aromatic carbocycles. The number of ether oxygens (including phenoxy) is 3. The summed E-state index contributed by atoms with van der Waals surface area (Å²) >= 11 is 0. The Balaban J connectivity index is 3.31. The van der Waals surface area contributed by atoms with Gasteiger partial charge in [-0.25, -0.2) is 4.79 Å². The molecule has 0 bridgehead atoms. The smallest absolute Gasteiger partial charge is 0.341 e. The van der Waals surface area contributed by atoms with Crippen LogP contribution in [0.25, 0.3) is 0 Å². The van der Waals surface area contributed by atoms with Crippen molar-refractivity contribution in [2.75, 3.05) is 27.9 Å². The van der Waals surface area contributed by atoms with E-state index >= 15 is 0 Å². The first-order valence-electron chi connectivity index (χ1n) is 5.12. The molecule has 1 rings (SSSR count). The molecular weight excluding hydrogens is 224 g/mol. The van der Waals surface area contributed by atoms with Gasteiger partial charge in [-0.1, -0.05) is 0 Å². The Morgan fingerprint density at radius 2 is 1.94 bits per heavy atom. The van der Waals surface area contributed by atoms with Crippen LogP contribution in [0, 0.1) is 0 Å². The minimum absolute atomic E-state index is 0.00387. The zero-order valence-electron chi connectivity index (χ0n) is 10.1. The molecule has 0 radical (unpaired) electrons. The molecule has 0 aliphatic rings. The number of rotatable bonds is 5. The second-order valence-corrected chi connectivity index (χ2v) is 3.34. The van der Waals surface area contributed by atoms with Gasteiger partial charge < -0.3 is 19.3 Å². The number of aliphatic hydroxyl groups excluding tert-OH is 1. The topological polar surface area (TPSA) is 65.0 Å². The summed E-state index contributed by atoms with van der Waals surface area (Å²) < 4.78 is 15.0. The fraction of sp³-hybridized carbons (Fsp3) is 0.417. The summed E-state index contributed by atoms with van der Waals surface area (Å²) in [4.78, 5) is 11.6. The van der Waals surface area contributed by atoms with Gasteiger partial charge in [-0.3, -0.25) is 0 Å². The highest BCUT2D eigenvalue weighted by molar-refractivity contribution is 5.93. The lowest BCUT2D eigenvalue weighted by molar-refractivity contribution is 0.0596. The van der Waals surface area contributed by atoms with Crippen molar-refractivity contribution in [1.82, 2.24) is 0 Å². The molecule has 17 heavy (non-hydrogen) atoms. The third-order valence-corrected chi connectivity index (χ3v) is 2.34. The molecule has 1 N–H and O–H groups in total. The Hall–Kier alpha value is -1.75. The summed E-state index contributed by atoms with van der Waals surface area (Å²) in [5.41, 5.74) is 1.07. The van der Waals surface area contributed by atoms with Crippen LogP contribution in [0.15, 0.2) is 12.1 Å². The van der Waals surface area contributed by atoms with E-state index in [0.29, 0.717) is 17.9 Å². The standard InChI is InChI=1S/C12H16O5/c1-15-10-7-8(4-5-13)6-9(11(10)16-2)12(14)17-3/h6-7,13H,4-5H2,1-3H3. The van der Waals surface area contributed by atoms with E-state index in [1.807, 2.05) is 0 Å². The molecule has 0 amide bonds. The molecule has 0 aromatic heterocycles. The molecule has 0 saturated heterocycles. The van der Waals surface area contributed by atoms with E-state index in [0.717, 1.165) is 5.56 Å². The third-order valence-electron chi connectivity index (χ3n) is 2.34. The third kappa shape index (κ3) is 2.88. The van der Waals surface area contributed by atoms with Gasteiger partial charge in [0.25, 0.3) is 0 Å². The number of hydrogen-bond acceptors (Lipinski definition) is 5. The van der Waals surface area contributed by atoms with Crippen molar-refractivity contribution in [2.24, 2.45) is 0 Å². The van der Waals surface area contributed by atoms with Gasteiger partial charge >= 0.3 is 5.97 Å². The van der Waals surface area contributed by atoms with Crippen LogP contribution in [0.4, 0.5) is 0 Å². The number of hydrogen-bond donors (Lipinski definition) is 1. The molecule has 0 spiro atoms. The van der Waals surface area contributed by atoms with Crippen LogP contribution < -0.4 is 9.47 Å². The van der Waals surface area contributed by atoms with Gasteiger partial charge in [0.1, 0.15) is 5.56 Å². The van der Waals surface area contributed by atoms with Crippen LogP contribution in [0.5, 0.6) is 11.5 Å². The molecule has 94 valence electrons. The van der Waals surface area contributed by atoms with Crippen molar-refractivity contribution in [1.29, 1.82) is 0 Å².